The van der Waals surface area contributed by atoms with Crippen LogP contribution in [0.25, 0.3) is 0 Å². The summed E-state index contributed by atoms with van der Waals surface area (Å²) in [5.41, 5.74) is 0. The maximum absolute atomic E-state index is 12.7. The summed E-state index contributed by atoms with van der Waals surface area (Å²) in [4.78, 5) is 9.76. The van der Waals surface area contributed by atoms with E-state index in [1.165, 1.54) is 0 Å². The predicted molar refractivity (Wildman–Crippen MR) is 44.1 cm³/mol. The number of carbonyl (C=O) groups is 1. The van der Waals surface area contributed by atoms with Crippen molar-refractivity contribution in [2.75, 3.05) is 0 Å². The second-order valence-electron chi connectivity index (χ2n) is 3.09. The first-order valence-electron chi connectivity index (χ1n) is 3.91. The highest BCUT2D eigenvalue weighted by atomic mass is 35.5. The maximum atomic E-state index is 12.7. The molecule has 14 heteroatoms. The molecule has 3 nitrogen and oxygen atoms in total. The van der Waals surface area contributed by atoms with E-state index in [-0.39, 0.29) is 0 Å². The molecule has 0 saturated carbocycles. The Morgan fingerprint density at radius 1 is 0.900 bits per heavy atom. The quantitative estimate of drug-likeness (QED) is 0.579. The molecule has 0 aromatic heterocycles. The summed E-state index contributed by atoms with van der Waals surface area (Å²) in [5.74, 6) is -17.1. The van der Waals surface area contributed by atoms with Crippen molar-refractivity contribution >= 4 is 29.2 Å². The molecule has 0 fully saturated rings. The Kier molecular flexibility index (Phi) is 4.83. The van der Waals surface area contributed by atoms with Crippen LogP contribution in [0.15, 0.2) is 0 Å². The molecule has 0 saturated heterocycles. The van der Waals surface area contributed by atoms with Gasteiger partial charge in [-0.05, 0) is 23.2 Å². The first-order chi connectivity index (χ1) is 8.40. The van der Waals surface area contributed by atoms with E-state index in [9.17, 15) is 44.3 Å². The smallest absolute Gasteiger partial charge is 0.430 e. The molecule has 0 aromatic rings. The molecule has 0 heterocycles. The number of alkyl halides is 11. The molecular formula is C6HCl2F9O3. The molecule has 1 atom stereocenters. The van der Waals surface area contributed by atoms with Gasteiger partial charge in [0.05, 0.1) is 0 Å². The molecule has 20 heavy (non-hydrogen) atoms. The molecule has 0 spiro atoms. The second kappa shape index (κ2) is 4.98. The zero-order valence-corrected chi connectivity index (χ0v) is 9.93. The lowest BCUT2D eigenvalue weighted by Crippen LogP contribution is -2.61. The number of carboxylic acid groups (broad SMARTS) is 1. The van der Waals surface area contributed by atoms with Crippen molar-refractivity contribution in [1.82, 2.24) is 0 Å². The first kappa shape index (κ1) is 19.4. The summed E-state index contributed by atoms with van der Waals surface area (Å²) in [6, 6.07) is 0. The van der Waals surface area contributed by atoms with Crippen LogP contribution >= 0.6 is 23.2 Å². The fraction of sp³-hybridized carbons (Fsp3) is 0.833. The minimum Gasteiger partial charge on any atom is -0.477 e. The summed E-state index contributed by atoms with van der Waals surface area (Å²) in [6.07, 6.45) is -6.73. The van der Waals surface area contributed by atoms with Crippen molar-refractivity contribution in [3.05, 3.63) is 0 Å². The van der Waals surface area contributed by atoms with Gasteiger partial charge >= 0.3 is 34.6 Å². The van der Waals surface area contributed by atoms with Crippen LogP contribution in [-0.4, -0.2) is 39.7 Å². The van der Waals surface area contributed by atoms with Gasteiger partial charge in [0.25, 0.3) is 0 Å². The van der Waals surface area contributed by atoms with Gasteiger partial charge in [0.15, 0.2) is 0 Å². The molecule has 0 radical (unpaired) electrons. The number of rotatable bonds is 6. The largest absolute Gasteiger partial charge is 0.477 e. The summed E-state index contributed by atoms with van der Waals surface area (Å²) >= 11 is 7.77. The van der Waals surface area contributed by atoms with Gasteiger partial charge in [-0.1, -0.05) is 0 Å². The van der Waals surface area contributed by atoms with Crippen LogP contribution in [-0.2, 0) is 9.53 Å². The van der Waals surface area contributed by atoms with Crippen LogP contribution < -0.4 is 0 Å². The fourth-order valence-corrected chi connectivity index (χ4v) is 0.735. The molecule has 0 rings (SSSR count). The van der Waals surface area contributed by atoms with Crippen LogP contribution in [0.2, 0.25) is 0 Å². The Bertz CT molecular complexity index is 392. The highest BCUT2D eigenvalue weighted by Gasteiger charge is 2.79. The van der Waals surface area contributed by atoms with E-state index in [2.05, 4.69) is 27.9 Å². The Morgan fingerprint density at radius 3 is 1.50 bits per heavy atom. The van der Waals surface area contributed by atoms with Crippen molar-refractivity contribution < 1.29 is 54.2 Å². The lowest BCUT2D eigenvalue weighted by molar-refractivity contribution is -0.431. The average molecular weight is 363 g/mol. The van der Waals surface area contributed by atoms with E-state index in [0.29, 0.717) is 0 Å². The molecule has 120 valence electrons. The zero-order valence-electron chi connectivity index (χ0n) is 8.42. The van der Waals surface area contributed by atoms with Gasteiger partial charge in [0.2, 0.25) is 0 Å². The molecule has 0 amide bonds. The number of halogens is 11. The number of carboxylic acids is 1. The van der Waals surface area contributed by atoms with Crippen molar-refractivity contribution in [3.63, 3.8) is 0 Å². The van der Waals surface area contributed by atoms with Crippen molar-refractivity contribution in [1.29, 1.82) is 0 Å². The Morgan fingerprint density at radius 2 is 1.25 bits per heavy atom. The first-order valence-corrected chi connectivity index (χ1v) is 4.67. The Labute approximate surface area is 113 Å². The molecule has 0 aliphatic rings. The SMILES string of the molecule is O=C(O)C(F)(F)C(F)(F)C(F)(F)O[C@](F)(Cl)C(F)(F)Cl. The van der Waals surface area contributed by atoms with Gasteiger partial charge in [-0.3, -0.25) is 4.74 Å². The van der Waals surface area contributed by atoms with Crippen molar-refractivity contribution in [2.24, 2.45) is 0 Å². The minimum atomic E-state index is -6.92. The summed E-state index contributed by atoms with van der Waals surface area (Å²) in [6.45, 7) is 0. The second-order valence-corrected chi connectivity index (χ2v) is 4.05. The van der Waals surface area contributed by atoms with E-state index in [1.54, 1.807) is 0 Å². The molecular weight excluding hydrogens is 362 g/mol. The number of aliphatic carboxylic acids is 1. The summed E-state index contributed by atoms with van der Waals surface area (Å²) in [5, 5.41) is -3.36. The third-order valence-electron chi connectivity index (χ3n) is 1.61. The van der Waals surface area contributed by atoms with Gasteiger partial charge in [0, 0.05) is 0 Å². The van der Waals surface area contributed by atoms with Crippen LogP contribution in [0.4, 0.5) is 39.5 Å². The van der Waals surface area contributed by atoms with Crippen LogP contribution in [0.3, 0.4) is 0 Å². The van der Waals surface area contributed by atoms with Crippen LogP contribution in [0.5, 0.6) is 0 Å². The molecule has 0 unspecified atom stereocenters. The molecule has 0 aliphatic heterocycles. The van der Waals surface area contributed by atoms with E-state index < -0.39 is 34.6 Å². The lowest BCUT2D eigenvalue weighted by atomic mass is 10.1. The van der Waals surface area contributed by atoms with Crippen LogP contribution in [0, 0.1) is 0 Å². The topological polar surface area (TPSA) is 46.5 Å². The van der Waals surface area contributed by atoms with E-state index >= 15 is 0 Å². The van der Waals surface area contributed by atoms with Gasteiger partial charge < -0.3 is 5.11 Å². The summed E-state index contributed by atoms with van der Waals surface area (Å²) in [7, 11) is 0. The molecule has 0 aromatic carbocycles. The van der Waals surface area contributed by atoms with Gasteiger partial charge in [-0.25, -0.2) is 4.79 Å². The number of hydrogen-bond donors (Lipinski definition) is 1. The highest BCUT2D eigenvalue weighted by Crippen LogP contribution is 2.52. The maximum Gasteiger partial charge on any atom is 0.430 e. The Hall–Kier alpha value is -0.620. The Balaban J connectivity index is 5.60. The fourth-order valence-electron chi connectivity index (χ4n) is 0.600. The monoisotopic (exact) mass is 362 g/mol. The van der Waals surface area contributed by atoms with Crippen LogP contribution in [0.1, 0.15) is 0 Å². The van der Waals surface area contributed by atoms with Crippen molar-refractivity contribution in [2.45, 2.75) is 28.6 Å². The zero-order chi connectivity index (χ0) is 16.8. The lowest BCUT2D eigenvalue weighted by Gasteiger charge is -2.33. The highest BCUT2D eigenvalue weighted by molar-refractivity contribution is 6.31. The van der Waals surface area contributed by atoms with E-state index in [4.69, 9.17) is 5.11 Å². The number of ether oxygens (including phenoxy) is 1. The summed E-state index contributed by atoms with van der Waals surface area (Å²) < 4.78 is 114. The average Bonchev–Trinajstić information content (AvgIpc) is 2.12. The predicted octanol–water partition coefficient (Wildman–Crippen LogP) is 3.64. The third-order valence-corrected chi connectivity index (χ3v) is 2.27. The van der Waals surface area contributed by atoms with E-state index in [1.807, 2.05) is 0 Å². The number of hydrogen-bond acceptors (Lipinski definition) is 2. The normalized spacial score (nSPS) is 17.8. The van der Waals surface area contributed by atoms with Gasteiger partial charge in [0.1, 0.15) is 0 Å². The molecule has 1 N–H and O–H groups in total. The minimum absolute atomic E-state index is 2.08. The molecule has 0 bridgehead atoms. The van der Waals surface area contributed by atoms with Crippen molar-refractivity contribution in [3.8, 4) is 0 Å². The molecule has 0 aliphatic carbocycles. The van der Waals surface area contributed by atoms with Gasteiger partial charge in [-0.2, -0.15) is 39.5 Å². The third kappa shape index (κ3) is 3.17. The standard InChI is InChI=1S/C6HCl2F9O3/c7-4(13,14)5(8,15)20-6(16,17)3(11,12)2(9,10)1(18)19/h(H,18,19)/t5-/m0/s1. The van der Waals surface area contributed by atoms with Gasteiger partial charge in [-0.15, -0.1) is 0 Å². The van der Waals surface area contributed by atoms with E-state index in [0.717, 1.165) is 0 Å².